The number of carbonyl (C=O) groups excluding carboxylic acids is 1. The molecule has 4 heteroatoms. The van der Waals surface area contributed by atoms with E-state index in [0.29, 0.717) is 13.0 Å². The maximum absolute atomic E-state index is 11.6. The standard InChI is InChI=1S/C10H18O4/c1-5-9(7-12-3)10(6-2,14-9)8(11)13-4/h5-7H2,1-4H3. The van der Waals surface area contributed by atoms with E-state index in [-0.39, 0.29) is 5.97 Å². The van der Waals surface area contributed by atoms with E-state index in [1.54, 1.807) is 7.11 Å². The van der Waals surface area contributed by atoms with Crippen molar-refractivity contribution in [1.29, 1.82) is 0 Å². The lowest BCUT2D eigenvalue weighted by Crippen LogP contribution is -2.37. The molecule has 0 radical (unpaired) electrons. The summed E-state index contributed by atoms with van der Waals surface area (Å²) in [5, 5.41) is 0. The van der Waals surface area contributed by atoms with Gasteiger partial charge in [0.05, 0.1) is 13.7 Å². The maximum Gasteiger partial charge on any atom is 0.341 e. The fraction of sp³-hybridized carbons (Fsp3) is 0.900. The summed E-state index contributed by atoms with van der Waals surface area (Å²) in [5.74, 6) is -0.293. The molecule has 1 aliphatic rings. The van der Waals surface area contributed by atoms with Crippen LogP contribution in [-0.4, -0.2) is 38.0 Å². The van der Waals surface area contributed by atoms with Crippen LogP contribution in [0.2, 0.25) is 0 Å². The molecule has 1 saturated heterocycles. The lowest BCUT2D eigenvalue weighted by Gasteiger charge is -2.14. The first kappa shape index (κ1) is 11.5. The van der Waals surface area contributed by atoms with Gasteiger partial charge in [-0.3, -0.25) is 0 Å². The summed E-state index contributed by atoms with van der Waals surface area (Å²) in [6, 6.07) is 0. The molecule has 0 spiro atoms. The van der Waals surface area contributed by atoms with Crippen LogP contribution in [0, 0.1) is 0 Å². The molecule has 0 aromatic rings. The van der Waals surface area contributed by atoms with Crippen LogP contribution in [0.25, 0.3) is 0 Å². The number of esters is 1. The van der Waals surface area contributed by atoms with Crippen molar-refractivity contribution < 1.29 is 19.0 Å². The molecule has 4 nitrogen and oxygen atoms in total. The molecule has 1 aliphatic heterocycles. The molecule has 0 aromatic heterocycles. The van der Waals surface area contributed by atoms with E-state index in [0.717, 1.165) is 6.42 Å². The molecule has 1 heterocycles. The fourth-order valence-corrected chi connectivity index (χ4v) is 2.08. The highest BCUT2D eigenvalue weighted by molar-refractivity contribution is 5.84. The summed E-state index contributed by atoms with van der Waals surface area (Å²) in [7, 11) is 2.99. The zero-order valence-electron chi connectivity index (χ0n) is 9.25. The zero-order valence-corrected chi connectivity index (χ0v) is 9.25. The molecule has 2 atom stereocenters. The van der Waals surface area contributed by atoms with Crippen LogP contribution in [0.15, 0.2) is 0 Å². The Morgan fingerprint density at radius 3 is 2.29 bits per heavy atom. The van der Waals surface area contributed by atoms with Crippen LogP contribution in [0.3, 0.4) is 0 Å². The Kier molecular flexibility index (Phi) is 3.17. The summed E-state index contributed by atoms with van der Waals surface area (Å²) < 4.78 is 15.4. The van der Waals surface area contributed by atoms with Gasteiger partial charge in [-0.1, -0.05) is 13.8 Å². The van der Waals surface area contributed by atoms with Crippen molar-refractivity contribution in [1.82, 2.24) is 0 Å². The van der Waals surface area contributed by atoms with Crippen LogP contribution in [0.1, 0.15) is 26.7 Å². The summed E-state index contributed by atoms with van der Waals surface area (Å²) in [5.41, 5.74) is -1.24. The van der Waals surface area contributed by atoms with E-state index < -0.39 is 11.2 Å². The molecule has 0 aliphatic carbocycles. The first-order valence-electron chi connectivity index (χ1n) is 4.90. The monoisotopic (exact) mass is 202 g/mol. The second kappa shape index (κ2) is 3.87. The summed E-state index contributed by atoms with van der Waals surface area (Å²) in [4.78, 5) is 11.6. The van der Waals surface area contributed by atoms with Gasteiger partial charge in [0.25, 0.3) is 0 Å². The number of ether oxygens (including phenoxy) is 3. The third-order valence-corrected chi connectivity index (χ3v) is 3.03. The van der Waals surface area contributed by atoms with Crippen molar-refractivity contribution in [2.45, 2.75) is 37.9 Å². The molecular formula is C10H18O4. The molecule has 1 fully saturated rings. The van der Waals surface area contributed by atoms with E-state index in [1.165, 1.54) is 7.11 Å². The minimum atomic E-state index is -0.771. The molecule has 0 N–H and O–H groups in total. The Balaban J connectivity index is 2.81. The smallest absolute Gasteiger partial charge is 0.341 e. The highest BCUT2D eigenvalue weighted by Crippen LogP contribution is 2.53. The fourth-order valence-electron chi connectivity index (χ4n) is 2.08. The van der Waals surface area contributed by atoms with Crippen molar-refractivity contribution in [3.63, 3.8) is 0 Å². The van der Waals surface area contributed by atoms with Crippen molar-refractivity contribution in [3.8, 4) is 0 Å². The van der Waals surface area contributed by atoms with Crippen LogP contribution in [-0.2, 0) is 19.0 Å². The van der Waals surface area contributed by atoms with Gasteiger partial charge in [0.1, 0.15) is 5.60 Å². The van der Waals surface area contributed by atoms with Gasteiger partial charge in [-0.25, -0.2) is 4.79 Å². The maximum atomic E-state index is 11.6. The Morgan fingerprint density at radius 1 is 1.29 bits per heavy atom. The lowest BCUT2D eigenvalue weighted by atomic mass is 9.88. The largest absolute Gasteiger partial charge is 0.467 e. The average Bonchev–Trinajstić information content (AvgIpc) is 2.88. The third-order valence-electron chi connectivity index (χ3n) is 3.03. The van der Waals surface area contributed by atoms with Gasteiger partial charge in [0.15, 0.2) is 5.60 Å². The number of methoxy groups -OCH3 is 2. The molecule has 0 saturated carbocycles. The summed E-state index contributed by atoms with van der Waals surface area (Å²) in [6.07, 6.45) is 1.38. The number of carbonyl (C=O) groups is 1. The molecule has 14 heavy (non-hydrogen) atoms. The zero-order chi connectivity index (χ0) is 10.8. The van der Waals surface area contributed by atoms with Crippen LogP contribution in [0.5, 0.6) is 0 Å². The van der Waals surface area contributed by atoms with Crippen molar-refractivity contribution >= 4 is 5.97 Å². The quantitative estimate of drug-likeness (QED) is 0.495. The lowest BCUT2D eigenvalue weighted by molar-refractivity contribution is -0.147. The van der Waals surface area contributed by atoms with Gasteiger partial charge in [0.2, 0.25) is 0 Å². The van der Waals surface area contributed by atoms with E-state index in [4.69, 9.17) is 14.2 Å². The number of rotatable bonds is 5. The molecule has 2 unspecified atom stereocenters. The minimum Gasteiger partial charge on any atom is -0.467 e. The first-order chi connectivity index (χ1) is 6.62. The average molecular weight is 202 g/mol. The Hall–Kier alpha value is -0.610. The van der Waals surface area contributed by atoms with Crippen molar-refractivity contribution in [2.24, 2.45) is 0 Å². The molecule has 0 aromatic carbocycles. The van der Waals surface area contributed by atoms with Gasteiger partial charge in [-0.05, 0) is 12.8 Å². The second-order valence-electron chi connectivity index (χ2n) is 3.56. The predicted octanol–water partition coefficient (Wildman–Crippen LogP) is 1.13. The molecular weight excluding hydrogens is 184 g/mol. The summed E-state index contributed by atoms with van der Waals surface area (Å²) >= 11 is 0. The van der Waals surface area contributed by atoms with E-state index in [2.05, 4.69) is 0 Å². The van der Waals surface area contributed by atoms with E-state index in [1.807, 2.05) is 13.8 Å². The molecule has 0 bridgehead atoms. The van der Waals surface area contributed by atoms with Crippen LogP contribution >= 0.6 is 0 Å². The highest BCUT2D eigenvalue weighted by Gasteiger charge is 2.73. The normalized spacial score (nSPS) is 35.4. The number of hydrogen-bond donors (Lipinski definition) is 0. The Labute approximate surface area is 84.5 Å². The van der Waals surface area contributed by atoms with Crippen LogP contribution in [0.4, 0.5) is 0 Å². The first-order valence-corrected chi connectivity index (χ1v) is 4.90. The molecule has 0 amide bonds. The second-order valence-corrected chi connectivity index (χ2v) is 3.56. The van der Waals surface area contributed by atoms with E-state index >= 15 is 0 Å². The topological polar surface area (TPSA) is 48.1 Å². The van der Waals surface area contributed by atoms with Crippen LogP contribution < -0.4 is 0 Å². The molecule has 1 rings (SSSR count). The van der Waals surface area contributed by atoms with Gasteiger partial charge in [-0.2, -0.15) is 0 Å². The summed E-state index contributed by atoms with van der Waals surface area (Å²) in [6.45, 7) is 4.34. The Bertz CT molecular complexity index is 228. The third kappa shape index (κ3) is 1.33. The van der Waals surface area contributed by atoms with Gasteiger partial charge in [0, 0.05) is 7.11 Å². The van der Waals surface area contributed by atoms with E-state index in [9.17, 15) is 4.79 Å². The molecule has 82 valence electrons. The number of epoxide rings is 1. The SMILES string of the molecule is CCC1(COC)OC1(CC)C(=O)OC. The highest BCUT2D eigenvalue weighted by atomic mass is 16.7. The van der Waals surface area contributed by atoms with Crippen molar-refractivity contribution in [2.75, 3.05) is 20.8 Å². The van der Waals surface area contributed by atoms with Gasteiger partial charge in [-0.15, -0.1) is 0 Å². The predicted molar refractivity (Wildman–Crippen MR) is 51.0 cm³/mol. The van der Waals surface area contributed by atoms with Gasteiger partial charge < -0.3 is 14.2 Å². The van der Waals surface area contributed by atoms with Gasteiger partial charge >= 0.3 is 5.97 Å². The minimum absolute atomic E-state index is 0.293. The Morgan fingerprint density at radius 2 is 1.93 bits per heavy atom. The number of hydrogen-bond acceptors (Lipinski definition) is 4. The van der Waals surface area contributed by atoms with Crippen molar-refractivity contribution in [3.05, 3.63) is 0 Å².